The topological polar surface area (TPSA) is 87.8 Å². The van der Waals surface area contributed by atoms with E-state index < -0.39 is 0 Å². The first kappa shape index (κ1) is 22.4. The van der Waals surface area contributed by atoms with Crippen LogP contribution in [0.15, 0.2) is 54.6 Å². The smallest absolute Gasteiger partial charge is 0.278 e. The average molecular weight is 449 g/mol. The zero-order valence-electron chi connectivity index (χ0n) is 19.1. The van der Waals surface area contributed by atoms with Gasteiger partial charge in [-0.1, -0.05) is 18.2 Å². The molecule has 3 aromatic rings. The molecule has 8 heteroatoms. The highest BCUT2D eigenvalue weighted by Gasteiger charge is 2.27. The van der Waals surface area contributed by atoms with Gasteiger partial charge < -0.3 is 19.3 Å². The van der Waals surface area contributed by atoms with E-state index in [-0.39, 0.29) is 17.7 Å². The van der Waals surface area contributed by atoms with Crippen molar-refractivity contribution in [3.05, 3.63) is 71.5 Å². The number of H-pyrrole nitrogens is 1. The molecule has 0 unspecified atom stereocenters. The Labute approximate surface area is 193 Å². The summed E-state index contributed by atoms with van der Waals surface area (Å²) in [6.45, 7) is 1.24. The third-order valence-corrected chi connectivity index (χ3v) is 6.09. The molecule has 0 spiro atoms. The number of para-hydroxylation sites is 1. The molecule has 1 fully saturated rings. The summed E-state index contributed by atoms with van der Waals surface area (Å²) in [5.74, 6) is 1.18. The van der Waals surface area contributed by atoms with Gasteiger partial charge >= 0.3 is 0 Å². The van der Waals surface area contributed by atoms with E-state index in [1.54, 1.807) is 44.4 Å². The van der Waals surface area contributed by atoms with E-state index in [0.717, 1.165) is 24.2 Å². The maximum Gasteiger partial charge on any atom is 0.278 e. The first-order chi connectivity index (χ1) is 16.0. The maximum absolute atomic E-state index is 13.0. The summed E-state index contributed by atoms with van der Waals surface area (Å²) in [6.07, 6.45) is 1.58. The number of likely N-dealkylation sites (tertiary alicyclic amines) is 1. The molecule has 0 radical (unpaired) electrons. The highest BCUT2D eigenvalue weighted by Crippen LogP contribution is 2.30. The number of aromatic nitrogens is 2. The SMILES string of the molecule is COc1cc(OC)cc(C(=O)N2CCC(c3cc(C(=O)N(C)c4ccccc4)n[nH]3)CC2)c1. The van der Waals surface area contributed by atoms with Crippen LogP contribution in [0.5, 0.6) is 11.5 Å². The molecule has 0 aliphatic carbocycles. The second-order valence-corrected chi connectivity index (χ2v) is 8.08. The zero-order valence-corrected chi connectivity index (χ0v) is 19.1. The van der Waals surface area contributed by atoms with E-state index in [1.807, 2.05) is 41.3 Å². The van der Waals surface area contributed by atoms with Gasteiger partial charge in [-0.15, -0.1) is 0 Å². The lowest BCUT2D eigenvalue weighted by Crippen LogP contribution is -2.38. The standard InChI is InChI=1S/C25H28N4O4/c1-28(19-7-5-4-6-8-19)25(31)23-16-22(26-27-23)17-9-11-29(12-10-17)24(30)18-13-20(32-2)15-21(14-18)33-3/h4-8,13-17H,9-12H2,1-3H3,(H,26,27). The number of rotatable bonds is 6. The maximum atomic E-state index is 13.0. The Balaban J connectivity index is 1.39. The van der Waals surface area contributed by atoms with Crippen molar-refractivity contribution in [2.24, 2.45) is 0 Å². The number of carbonyl (C=O) groups excluding carboxylic acids is 2. The Hall–Kier alpha value is -3.81. The molecule has 0 atom stereocenters. The minimum absolute atomic E-state index is 0.0457. The Morgan fingerprint density at radius 2 is 1.64 bits per heavy atom. The molecule has 1 N–H and O–H groups in total. The predicted molar refractivity (Wildman–Crippen MR) is 125 cm³/mol. The van der Waals surface area contributed by atoms with Gasteiger partial charge in [0.15, 0.2) is 5.69 Å². The van der Waals surface area contributed by atoms with Gasteiger partial charge in [-0.05, 0) is 43.2 Å². The lowest BCUT2D eigenvalue weighted by atomic mass is 9.93. The number of hydrogen-bond donors (Lipinski definition) is 1. The lowest BCUT2D eigenvalue weighted by molar-refractivity contribution is 0.0711. The van der Waals surface area contributed by atoms with Crippen molar-refractivity contribution in [3.63, 3.8) is 0 Å². The summed E-state index contributed by atoms with van der Waals surface area (Å²) in [6, 6.07) is 16.5. The van der Waals surface area contributed by atoms with Crippen molar-refractivity contribution < 1.29 is 19.1 Å². The molecule has 2 heterocycles. The number of hydrogen-bond acceptors (Lipinski definition) is 5. The highest BCUT2D eigenvalue weighted by molar-refractivity contribution is 6.04. The van der Waals surface area contributed by atoms with E-state index in [4.69, 9.17) is 9.47 Å². The number of amides is 2. The molecular formula is C25H28N4O4. The lowest BCUT2D eigenvalue weighted by Gasteiger charge is -2.31. The van der Waals surface area contributed by atoms with Crippen LogP contribution < -0.4 is 14.4 Å². The van der Waals surface area contributed by atoms with Gasteiger partial charge in [-0.25, -0.2) is 0 Å². The molecule has 0 bridgehead atoms. The van der Waals surface area contributed by atoms with Gasteiger partial charge in [0.25, 0.3) is 11.8 Å². The third-order valence-electron chi connectivity index (χ3n) is 6.09. The number of methoxy groups -OCH3 is 2. The van der Waals surface area contributed by atoms with Crippen molar-refractivity contribution in [2.75, 3.05) is 39.3 Å². The van der Waals surface area contributed by atoms with Crippen molar-refractivity contribution in [3.8, 4) is 11.5 Å². The minimum atomic E-state index is -0.164. The molecule has 1 aliphatic heterocycles. The van der Waals surface area contributed by atoms with E-state index in [2.05, 4.69) is 10.2 Å². The number of carbonyl (C=O) groups is 2. The summed E-state index contributed by atoms with van der Waals surface area (Å²) >= 11 is 0. The van der Waals surface area contributed by atoms with Crippen LogP contribution in [0, 0.1) is 0 Å². The number of aromatic amines is 1. The van der Waals surface area contributed by atoms with E-state index in [0.29, 0.717) is 35.8 Å². The molecule has 33 heavy (non-hydrogen) atoms. The number of ether oxygens (including phenoxy) is 2. The number of piperidine rings is 1. The van der Waals surface area contributed by atoms with Gasteiger partial charge in [0.1, 0.15) is 11.5 Å². The van der Waals surface area contributed by atoms with Crippen molar-refractivity contribution in [1.29, 1.82) is 0 Å². The van der Waals surface area contributed by atoms with Crippen LogP contribution in [0.4, 0.5) is 5.69 Å². The van der Waals surface area contributed by atoms with Crippen LogP contribution in [0.2, 0.25) is 0 Å². The number of nitrogens with one attached hydrogen (secondary N) is 1. The average Bonchev–Trinajstić information content (AvgIpc) is 3.38. The third kappa shape index (κ3) is 4.84. The second-order valence-electron chi connectivity index (χ2n) is 8.08. The minimum Gasteiger partial charge on any atom is -0.497 e. The molecule has 1 aliphatic rings. The Morgan fingerprint density at radius 1 is 1.00 bits per heavy atom. The Morgan fingerprint density at radius 3 is 2.24 bits per heavy atom. The quantitative estimate of drug-likeness (QED) is 0.621. The first-order valence-electron chi connectivity index (χ1n) is 10.9. The van der Waals surface area contributed by atoms with Gasteiger partial charge in [-0.2, -0.15) is 5.10 Å². The number of benzene rings is 2. The normalized spacial score (nSPS) is 14.1. The highest BCUT2D eigenvalue weighted by atomic mass is 16.5. The Kier molecular flexibility index (Phi) is 6.63. The summed E-state index contributed by atoms with van der Waals surface area (Å²) in [5, 5.41) is 7.29. The van der Waals surface area contributed by atoms with E-state index >= 15 is 0 Å². The molecule has 172 valence electrons. The number of anilines is 1. The van der Waals surface area contributed by atoms with Gasteiger partial charge in [0.05, 0.1) is 14.2 Å². The van der Waals surface area contributed by atoms with Crippen molar-refractivity contribution in [1.82, 2.24) is 15.1 Å². The Bertz CT molecular complexity index is 1100. The molecule has 2 aromatic carbocycles. The molecule has 2 amide bonds. The molecule has 1 aromatic heterocycles. The summed E-state index contributed by atoms with van der Waals surface area (Å²) in [4.78, 5) is 29.3. The van der Waals surface area contributed by atoms with Crippen LogP contribution in [-0.2, 0) is 0 Å². The zero-order chi connectivity index (χ0) is 23.4. The van der Waals surface area contributed by atoms with E-state index in [9.17, 15) is 9.59 Å². The van der Waals surface area contributed by atoms with Crippen molar-refractivity contribution in [2.45, 2.75) is 18.8 Å². The van der Waals surface area contributed by atoms with Crippen LogP contribution in [0.3, 0.4) is 0 Å². The molecular weight excluding hydrogens is 420 g/mol. The predicted octanol–water partition coefficient (Wildman–Crippen LogP) is 3.72. The van der Waals surface area contributed by atoms with Crippen LogP contribution in [-0.4, -0.2) is 61.3 Å². The number of nitrogens with zero attached hydrogens (tertiary/aromatic N) is 3. The van der Waals surface area contributed by atoms with Gasteiger partial charge in [0, 0.05) is 49.1 Å². The molecule has 0 saturated carbocycles. The second kappa shape index (κ2) is 9.77. The fourth-order valence-corrected chi connectivity index (χ4v) is 4.10. The molecule has 8 nitrogen and oxygen atoms in total. The van der Waals surface area contributed by atoms with Gasteiger partial charge in [-0.3, -0.25) is 14.7 Å². The van der Waals surface area contributed by atoms with Crippen molar-refractivity contribution >= 4 is 17.5 Å². The van der Waals surface area contributed by atoms with Crippen LogP contribution in [0.25, 0.3) is 0 Å². The van der Waals surface area contributed by atoms with Crippen LogP contribution >= 0.6 is 0 Å². The first-order valence-corrected chi connectivity index (χ1v) is 10.9. The molecule has 4 rings (SSSR count). The van der Waals surface area contributed by atoms with Gasteiger partial charge in [0.2, 0.25) is 0 Å². The summed E-state index contributed by atoms with van der Waals surface area (Å²) in [7, 11) is 4.87. The largest absolute Gasteiger partial charge is 0.497 e. The van der Waals surface area contributed by atoms with E-state index in [1.165, 1.54) is 0 Å². The fourth-order valence-electron chi connectivity index (χ4n) is 4.10. The summed E-state index contributed by atoms with van der Waals surface area (Å²) in [5.41, 5.74) is 2.67. The van der Waals surface area contributed by atoms with Crippen LogP contribution in [0.1, 0.15) is 45.3 Å². The fraction of sp³-hybridized carbons (Fsp3) is 0.320. The molecule has 1 saturated heterocycles. The monoisotopic (exact) mass is 448 g/mol. The summed E-state index contributed by atoms with van der Waals surface area (Å²) < 4.78 is 10.6.